The highest BCUT2D eigenvalue weighted by atomic mass is 32.2. The number of carbonyl (C=O) groups is 1. The Balaban J connectivity index is 1.13. The molecule has 0 unspecified atom stereocenters. The number of hydrogen-bond acceptors (Lipinski definition) is 7. The molecule has 0 aliphatic carbocycles. The fourth-order valence-electron chi connectivity index (χ4n) is 4.08. The second kappa shape index (κ2) is 10.6. The maximum atomic E-state index is 12.8. The van der Waals surface area contributed by atoms with Crippen molar-refractivity contribution < 1.29 is 9.21 Å². The van der Waals surface area contributed by atoms with Crippen molar-refractivity contribution >= 4 is 44.9 Å². The van der Waals surface area contributed by atoms with E-state index in [-0.39, 0.29) is 11.7 Å². The number of thiazole rings is 1. The van der Waals surface area contributed by atoms with Crippen LogP contribution in [0, 0.1) is 6.92 Å². The van der Waals surface area contributed by atoms with Crippen molar-refractivity contribution in [2.24, 2.45) is 0 Å². The summed E-state index contributed by atoms with van der Waals surface area (Å²) in [5, 5.41) is 13.4. The summed E-state index contributed by atoms with van der Waals surface area (Å²) in [4.78, 5) is 17.5. The number of furan rings is 1. The van der Waals surface area contributed by atoms with Gasteiger partial charge in [0.2, 0.25) is 5.91 Å². The zero-order valence-corrected chi connectivity index (χ0v) is 22.1. The highest BCUT2D eigenvalue weighted by Crippen LogP contribution is 2.31. The number of aryl methyl sites for hydroxylation is 1. The Morgan fingerprint density at radius 2 is 1.82 bits per heavy atom. The number of fused-ring (bicyclic) bond motifs is 1. The van der Waals surface area contributed by atoms with Crippen LogP contribution < -0.4 is 5.32 Å². The molecule has 9 heteroatoms. The van der Waals surface area contributed by atoms with E-state index < -0.39 is 0 Å². The fraction of sp³-hybridized carbons (Fsp3) is 0.103. The normalized spacial score (nSPS) is 11.2. The molecule has 3 heterocycles. The molecule has 0 aliphatic heterocycles. The van der Waals surface area contributed by atoms with Gasteiger partial charge in [-0.05, 0) is 61.0 Å². The van der Waals surface area contributed by atoms with Crippen LogP contribution in [0.25, 0.3) is 32.2 Å². The maximum absolute atomic E-state index is 12.8. The van der Waals surface area contributed by atoms with Crippen molar-refractivity contribution in [1.29, 1.82) is 0 Å². The molecule has 0 radical (unpaired) electrons. The summed E-state index contributed by atoms with van der Waals surface area (Å²) < 4.78 is 8.70. The minimum atomic E-state index is -0.118. The molecule has 7 nitrogen and oxygen atoms in total. The molecule has 38 heavy (non-hydrogen) atoms. The summed E-state index contributed by atoms with van der Waals surface area (Å²) in [6.45, 7) is 2.56. The van der Waals surface area contributed by atoms with Gasteiger partial charge in [-0.3, -0.25) is 9.36 Å². The number of carbonyl (C=O) groups excluding carboxylic acids is 1. The Hall–Kier alpha value is -4.21. The lowest BCUT2D eigenvalue weighted by atomic mass is 10.2. The average molecular weight is 538 g/mol. The van der Waals surface area contributed by atoms with Crippen LogP contribution in [0.5, 0.6) is 0 Å². The molecule has 0 saturated heterocycles. The first-order valence-electron chi connectivity index (χ1n) is 12.0. The monoisotopic (exact) mass is 537 g/mol. The van der Waals surface area contributed by atoms with Gasteiger partial charge >= 0.3 is 0 Å². The smallest absolute Gasteiger partial charge is 0.234 e. The van der Waals surface area contributed by atoms with E-state index in [0.717, 1.165) is 38.9 Å². The van der Waals surface area contributed by atoms with Crippen molar-refractivity contribution in [3.63, 3.8) is 0 Å². The van der Waals surface area contributed by atoms with Gasteiger partial charge in [-0.1, -0.05) is 48.2 Å². The summed E-state index contributed by atoms with van der Waals surface area (Å²) in [5.74, 6) is 1.60. The van der Waals surface area contributed by atoms with Crippen LogP contribution in [-0.4, -0.2) is 31.4 Å². The quantitative estimate of drug-likeness (QED) is 0.213. The summed E-state index contributed by atoms with van der Waals surface area (Å²) in [6, 6.07) is 27.7. The van der Waals surface area contributed by atoms with Crippen LogP contribution in [0.3, 0.4) is 0 Å². The first-order chi connectivity index (χ1) is 18.6. The van der Waals surface area contributed by atoms with Crippen molar-refractivity contribution in [2.45, 2.75) is 18.6 Å². The van der Waals surface area contributed by atoms with Gasteiger partial charge in [0.1, 0.15) is 10.8 Å². The number of nitrogens with one attached hydrogen (secondary N) is 1. The van der Waals surface area contributed by atoms with E-state index in [4.69, 9.17) is 9.40 Å². The molecule has 0 spiro atoms. The molecule has 1 amide bonds. The molecule has 3 aromatic carbocycles. The lowest BCUT2D eigenvalue weighted by Crippen LogP contribution is -2.14. The minimum absolute atomic E-state index is 0.118. The number of thioether (sulfide) groups is 1. The molecular weight excluding hydrogens is 514 g/mol. The van der Waals surface area contributed by atoms with Gasteiger partial charge in [0, 0.05) is 16.8 Å². The van der Waals surface area contributed by atoms with Crippen molar-refractivity contribution in [3.05, 3.63) is 103 Å². The van der Waals surface area contributed by atoms with Crippen LogP contribution in [-0.2, 0) is 11.3 Å². The third-order valence-corrected chi connectivity index (χ3v) is 7.97. The number of amides is 1. The lowest BCUT2D eigenvalue weighted by molar-refractivity contribution is -0.113. The van der Waals surface area contributed by atoms with Gasteiger partial charge < -0.3 is 9.73 Å². The number of anilines is 1. The predicted molar refractivity (Wildman–Crippen MR) is 152 cm³/mol. The van der Waals surface area contributed by atoms with E-state index in [2.05, 4.69) is 40.6 Å². The Morgan fingerprint density at radius 1 is 0.974 bits per heavy atom. The van der Waals surface area contributed by atoms with Gasteiger partial charge in [0.15, 0.2) is 11.0 Å². The molecule has 0 atom stereocenters. The van der Waals surface area contributed by atoms with Gasteiger partial charge in [-0.15, -0.1) is 21.5 Å². The molecule has 0 bridgehead atoms. The molecular formula is C29H23N5O2S2. The van der Waals surface area contributed by atoms with E-state index in [1.165, 1.54) is 22.0 Å². The van der Waals surface area contributed by atoms with Crippen molar-refractivity contribution in [1.82, 2.24) is 19.7 Å². The molecule has 6 rings (SSSR count). The lowest BCUT2D eigenvalue weighted by Gasteiger charge is -2.09. The number of benzene rings is 3. The molecule has 3 aromatic heterocycles. The molecule has 6 aromatic rings. The Kier molecular flexibility index (Phi) is 6.76. The SMILES string of the molecule is Cc1ccc2nc(-c3ccc(NC(=O)CSc4nnc(-c5ccccc5)n4Cc4ccco4)cc3)sc2c1. The highest BCUT2D eigenvalue weighted by Gasteiger charge is 2.17. The number of nitrogens with zero attached hydrogens (tertiary/aromatic N) is 4. The summed E-state index contributed by atoms with van der Waals surface area (Å²) in [7, 11) is 0. The zero-order chi connectivity index (χ0) is 25.9. The average Bonchev–Trinajstić information content (AvgIpc) is 3.69. The Morgan fingerprint density at radius 3 is 2.61 bits per heavy atom. The van der Waals surface area contributed by atoms with E-state index in [0.29, 0.717) is 11.7 Å². The standard InChI is InChI=1S/C29H23N5O2S2/c1-19-9-14-24-25(16-19)38-28(31-24)21-10-12-22(13-11-21)30-26(35)18-37-29-33-32-27(20-6-3-2-4-7-20)34(29)17-23-8-5-15-36-23/h2-16H,17-18H2,1H3,(H,30,35). The topological polar surface area (TPSA) is 85.8 Å². The van der Waals surface area contributed by atoms with Crippen LogP contribution in [0.4, 0.5) is 5.69 Å². The Bertz CT molecular complexity index is 1690. The number of rotatable bonds is 8. The third kappa shape index (κ3) is 5.25. The second-order valence-electron chi connectivity index (χ2n) is 8.74. The fourth-order valence-corrected chi connectivity index (χ4v) is 5.88. The zero-order valence-electron chi connectivity index (χ0n) is 20.5. The molecule has 1 N–H and O–H groups in total. The minimum Gasteiger partial charge on any atom is -0.467 e. The third-order valence-electron chi connectivity index (χ3n) is 5.93. The van der Waals surface area contributed by atoms with Gasteiger partial charge in [0.05, 0.1) is 28.8 Å². The molecule has 188 valence electrons. The van der Waals surface area contributed by atoms with Gasteiger partial charge in [0.25, 0.3) is 0 Å². The number of hydrogen-bond donors (Lipinski definition) is 1. The largest absolute Gasteiger partial charge is 0.467 e. The van der Waals surface area contributed by atoms with Crippen LogP contribution in [0.15, 0.2) is 101 Å². The first kappa shape index (κ1) is 24.1. The Labute approximate surface area is 227 Å². The van der Waals surface area contributed by atoms with Crippen LogP contribution >= 0.6 is 23.1 Å². The summed E-state index contributed by atoms with van der Waals surface area (Å²) in [6.07, 6.45) is 1.64. The predicted octanol–water partition coefficient (Wildman–Crippen LogP) is 6.90. The highest BCUT2D eigenvalue weighted by molar-refractivity contribution is 7.99. The van der Waals surface area contributed by atoms with E-state index >= 15 is 0 Å². The van der Waals surface area contributed by atoms with Crippen LogP contribution in [0.2, 0.25) is 0 Å². The maximum Gasteiger partial charge on any atom is 0.234 e. The molecule has 0 aliphatic rings. The van der Waals surface area contributed by atoms with Crippen LogP contribution in [0.1, 0.15) is 11.3 Å². The van der Waals surface area contributed by atoms with Gasteiger partial charge in [-0.25, -0.2) is 4.98 Å². The van der Waals surface area contributed by atoms with Crippen molar-refractivity contribution in [2.75, 3.05) is 11.1 Å². The molecule has 0 saturated carbocycles. The van der Waals surface area contributed by atoms with Crippen molar-refractivity contribution in [3.8, 4) is 22.0 Å². The summed E-state index contributed by atoms with van der Waals surface area (Å²) in [5.41, 5.74) is 4.93. The van der Waals surface area contributed by atoms with E-state index in [1.54, 1.807) is 17.6 Å². The van der Waals surface area contributed by atoms with E-state index in [1.807, 2.05) is 71.3 Å². The summed E-state index contributed by atoms with van der Waals surface area (Å²) >= 11 is 3.01. The second-order valence-corrected chi connectivity index (χ2v) is 10.7. The van der Waals surface area contributed by atoms with E-state index in [9.17, 15) is 4.79 Å². The molecule has 0 fully saturated rings. The number of aromatic nitrogens is 4. The first-order valence-corrected chi connectivity index (χ1v) is 13.8. The van der Waals surface area contributed by atoms with Gasteiger partial charge in [-0.2, -0.15) is 0 Å².